The Morgan fingerprint density at radius 3 is 2.71 bits per heavy atom. The molecule has 4 atom stereocenters. The summed E-state index contributed by atoms with van der Waals surface area (Å²) in [5.74, 6) is 6.25. The largest absolute Gasteiger partial charge is 0.395 e. The Hall–Kier alpha value is -1.78. The van der Waals surface area contributed by atoms with E-state index in [1.807, 2.05) is 0 Å². The number of nitrogens with one attached hydrogen (secondary N) is 2. The number of H-pyrrole nitrogens is 1. The molecule has 114 valence electrons. The molecule has 3 rings (SSSR count). The molecule has 1 aliphatic heterocycles. The van der Waals surface area contributed by atoms with E-state index in [2.05, 4.69) is 20.3 Å². The van der Waals surface area contributed by atoms with Crippen LogP contribution in [-0.4, -0.2) is 62.2 Å². The van der Waals surface area contributed by atoms with Crippen LogP contribution < -0.4 is 16.2 Å². The predicted octanol–water partition coefficient (Wildman–Crippen LogP) is -2.01. The fraction of sp³-hybridized carbons (Fsp3) is 0.500. The Kier molecular flexibility index (Phi) is 3.51. The lowest BCUT2D eigenvalue weighted by Gasteiger charge is -2.15. The van der Waals surface area contributed by atoms with E-state index in [9.17, 15) is 15.3 Å². The molecule has 1 saturated heterocycles. The second-order valence-electron chi connectivity index (χ2n) is 5.19. The predicted molar refractivity (Wildman–Crippen MR) is 75.2 cm³/mol. The van der Waals surface area contributed by atoms with Crippen LogP contribution in [0.3, 0.4) is 0 Å². The molecule has 2 aromatic heterocycles. The zero-order valence-electron chi connectivity index (χ0n) is 11.4. The first-order valence-corrected chi connectivity index (χ1v) is 6.58. The third-order valence-electron chi connectivity index (χ3n) is 3.84. The molecule has 0 saturated carbocycles. The maximum atomic E-state index is 10.2. The summed E-state index contributed by atoms with van der Waals surface area (Å²) in [5, 5.41) is 33.6. The van der Waals surface area contributed by atoms with Gasteiger partial charge >= 0.3 is 0 Å². The topological polar surface area (TPSA) is 144 Å². The van der Waals surface area contributed by atoms with Gasteiger partial charge in [-0.25, -0.2) is 15.8 Å². The van der Waals surface area contributed by atoms with E-state index in [1.54, 1.807) is 13.2 Å². The average Bonchev–Trinajstić information content (AvgIpc) is 3.01. The minimum atomic E-state index is -1.04. The number of rotatable bonds is 3. The second-order valence-corrected chi connectivity index (χ2v) is 5.19. The maximum Gasteiger partial charge on any atom is 0.170 e. The molecule has 2 aromatic rings. The van der Waals surface area contributed by atoms with Crippen molar-refractivity contribution >= 4 is 16.9 Å². The number of aliphatic hydroxyl groups is 3. The van der Waals surface area contributed by atoms with Crippen molar-refractivity contribution in [2.24, 2.45) is 5.84 Å². The highest BCUT2D eigenvalue weighted by Gasteiger charge is 2.42. The fourth-order valence-corrected chi connectivity index (χ4v) is 2.75. The summed E-state index contributed by atoms with van der Waals surface area (Å²) in [6.07, 6.45) is 1.01. The SMILES string of the molecule is CN(N)c1ncnc2c([C@@H]3N[C@H](CO)[C@@H](O)[C@H]3O)c[nH]c12. The normalized spacial score (nSPS) is 29.2. The van der Waals surface area contributed by atoms with E-state index < -0.39 is 24.3 Å². The number of anilines is 1. The van der Waals surface area contributed by atoms with Crippen LogP contribution in [0.5, 0.6) is 0 Å². The number of nitrogens with zero attached hydrogens (tertiary/aromatic N) is 3. The van der Waals surface area contributed by atoms with Gasteiger partial charge in [-0.2, -0.15) is 0 Å². The number of hydrogen-bond acceptors (Lipinski definition) is 8. The van der Waals surface area contributed by atoms with Gasteiger partial charge in [0.15, 0.2) is 5.82 Å². The maximum absolute atomic E-state index is 10.2. The molecule has 9 heteroatoms. The first-order chi connectivity index (χ1) is 10.0. The summed E-state index contributed by atoms with van der Waals surface area (Å²) >= 11 is 0. The minimum absolute atomic E-state index is 0.261. The molecule has 7 N–H and O–H groups in total. The van der Waals surface area contributed by atoms with Gasteiger partial charge in [-0.15, -0.1) is 0 Å². The minimum Gasteiger partial charge on any atom is -0.395 e. The van der Waals surface area contributed by atoms with Crippen LogP contribution in [0.15, 0.2) is 12.5 Å². The Labute approximate surface area is 120 Å². The summed E-state index contributed by atoms with van der Waals surface area (Å²) in [5.41, 5.74) is 1.95. The van der Waals surface area contributed by atoms with Gasteiger partial charge in [-0.3, -0.25) is 5.01 Å². The molecule has 0 amide bonds. The molecule has 0 unspecified atom stereocenters. The van der Waals surface area contributed by atoms with Crippen molar-refractivity contribution in [1.29, 1.82) is 0 Å². The summed E-state index contributed by atoms with van der Waals surface area (Å²) in [7, 11) is 1.66. The quantitative estimate of drug-likeness (QED) is 0.282. The number of aromatic amines is 1. The van der Waals surface area contributed by atoms with Crippen molar-refractivity contribution in [2.75, 3.05) is 18.7 Å². The van der Waals surface area contributed by atoms with Crippen LogP contribution in [0.1, 0.15) is 11.6 Å². The smallest absolute Gasteiger partial charge is 0.170 e. The van der Waals surface area contributed by atoms with Gasteiger partial charge in [0.2, 0.25) is 0 Å². The van der Waals surface area contributed by atoms with Crippen LogP contribution in [0.4, 0.5) is 5.82 Å². The van der Waals surface area contributed by atoms with E-state index in [1.165, 1.54) is 11.3 Å². The standard InChI is InChI=1S/C12H18N6O3/c1-18(13)12-9-7(15-4-16-12)5(2-14-9)8-11(21)10(20)6(3-19)17-8/h2,4,6,8,10-11,14,17,19-21H,3,13H2,1H3/t6-,8+,10-,11+/m1/s1. The Balaban J connectivity index is 2.04. The van der Waals surface area contributed by atoms with Crippen molar-refractivity contribution < 1.29 is 15.3 Å². The first-order valence-electron chi connectivity index (χ1n) is 6.58. The Morgan fingerprint density at radius 1 is 1.33 bits per heavy atom. The molecular formula is C12H18N6O3. The summed E-state index contributed by atoms with van der Waals surface area (Å²) in [6, 6.07) is -1.11. The van der Waals surface area contributed by atoms with Crippen LogP contribution >= 0.6 is 0 Å². The Morgan fingerprint density at radius 2 is 2.10 bits per heavy atom. The molecule has 0 aromatic carbocycles. The van der Waals surface area contributed by atoms with Crippen LogP contribution in [0.2, 0.25) is 0 Å². The van der Waals surface area contributed by atoms with Crippen LogP contribution in [0, 0.1) is 0 Å². The number of aromatic nitrogens is 3. The van der Waals surface area contributed by atoms with Gasteiger partial charge in [-0.05, 0) is 0 Å². The lowest BCUT2D eigenvalue weighted by atomic mass is 10.0. The van der Waals surface area contributed by atoms with Gasteiger partial charge in [0.05, 0.1) is 30.3 Å². The van der Waals surface area contributed by atoms with Crippen LogP contribution in [-0.2, 0) is 0 Å². The van der Waals surface area contributed by atoms with Crippen molar-refractivity contribution in [1.82, 2.24) is 20.3 Å². The van der Waals surface area contributed by atoms with Gasteiger partial charge < -0.3 is 25.6 Å². The monoisotopic (exact) mass is 294 g/mol. The molecule has 0 spiro atoms. The third kappa shape index (κ3) is 2.15. The summed E-state index contributed by atoms with van der Waals surface area (Å²) in [4.78, 5) is 11.4. The van der Waals surface area contributed by atoms with E-state index in [4.69, 9.17) is 5.84 Å². The highest BCUT2D eigenvalue weighted by Crippen LogP contribution is 2.33. The zero-order valence-corrected chi connectivity index (χ0v) is 11.4. The molecular weight excluding hydrogens is 276 g/mol. The molecule has 1 fully saturated rings. The van der Waals surface area contributed by atoms with Gasteiger partial charge in [-0.1, -0.05) is 0 Å². The van der Waals surface area contributed by atoms with Crippen molar-refractivity contribution in [3.63, 3.8) is 0 Å². The zero-order chi connectivity index (χ0) is 15.1. The fourth-order valence-electron chi connectivity index (χ4n) is 2.75. The number of fused-ring (bicyclic) bond motifs is 1. The molecule has 0 aliphatic carbocycles. The first kappa shape index (κ1) is 14.2. The van der Waals surface area contributed by atoms with E-state index in [-0.39, 0.29) is 6.61 Å². The van der Waals surface area contributed by atoms with Gasteiger partial charge in [0, 0.05) is 18.8 Å². The number of hydrazine groups is 1. The van der Waals surface area contributed by atoms with Crippen molar-refractivity contribution in [2.45, 2.75) is 24.3 Å². The molecule has 21 heavy (non-hydrogen) atoms. The Bertz CT molecular complexity index is 645. The highest BCUT2D eigenvalue weighted by atomic mass is 16.3. The van der Waals surface area contributed by atoms with Gasteiger partial charge in [0.25, 0.3) is 0 Å². The highest BCUT2D eigenvalue weighted by molar-refractivity contribution is 5.88. The van der Waals surface area contributed by atoms with E-state index in [0.29, 0.717) is 22.4 Å². The third-order valence-corrected chi connectivity index (χ3v) is 3.84. The molecule has 3 heterocycles. The summed E-state index contributed by atoms with van der Waals surface area (Å²) < 4.78 is 0. The molecule has 9 nitrogen and oxygen atoms in total. The molecule has 0 bridgehead atoms. The average molecular weight is 294 g/mol. The summed E-state index contributed by atoms with van der Waals surface area (Å²) in [6.45, 7) is -0.261. The number of nitrogens with two attached hydrogens (primary N) is 1. The lowest BCUT2D eigenvalue weighted by Crippen LogP contribution is -2.35. The van der Waals surface area contributed by atoms with Crippen molar-refractivity contribution in [3.8, 4) is 0 Å². The van der Waals surface area contributed by atoms with Crippen molar-refractivity contribution in [3.05, 3.63) is 18.1 Å². The van der Waals surface area contributed by atoms with Crippen LogP contribution in [0.25, 0.3) is 11.0 Å². The molecule has 1 aliphatic rings. The van der Waals surface area contributed by atoms with Gasteiger partial charge in [0.1, 0.15) is 17.9 Å². The van der Waals surface area contributed by atoms with E-state index >= 15 is 0 Å². The number of aliphatic hydroxyl groups excluding tert-OH is 3. The number of hydrogen-bond donors (Lipinski definition) is 6. The molecule has 0 radical (unpaired) electrons. The lowest BCUT2D eigenvalue weighted by molar-refractivity contribution is 0.0196. The second kappa shape index (κ2) is 5.20. The van der Waals surface area contributed by atoms with E-state index in [0.717, 1.165) is 0 Å².